The molecule has 4 aliphatic rings. The summed E-state index contributed by atoms with van der Waals surface area (Å²) in [6.07, 6.45) is 10.7. The molecular formula is C24H35N3O4. The van der Waals surface area contributed by atoms with Gasteiger partial charge in [-0.2, -0.15) is 0 Å². The normalized spacial score (nSPS) is 37.1. The van der Waals surface area contributed by atoms with Crippen molar-refractivity contribution in [1.29, 1.82) is 0 Å². The van der Waals surface area contributed by atoms with Gasteiger partial charge in [0.05, 0.1) is 17.4 Å². The quantitative estimate of drug-likeness (QED) is 0.655. The molecule has 0 aromatic rings. The van der Waals surface area contributed by atoms with Gasteiger partial charge in [-0.05, 0) is 40.5 Å². The van der Waals surface area contributed by atoms with Gasteiger partial charge in [-0.3, -0.25) is 14.4 Å². The van der Waals surface area contributed by atoms with Crippen LogP contribution in [0.5, 0.6) is 0 Å². The second-order valence-electron chi connectivity index (χ2n) is 10.7. The highest BCUT2D eigenvalue weighted by atomic mass is 16.5. The number of nitrogens with one attached hydrogen (secondary N) is 2. The molecule has 2 saturated heterocycles. The molecule has 3 heterocycles. The molecule has 5 atom stereocenters. The topological polar surface area (TPSA) is 87.7 Å². The lowest BCUT2D eigenvalue weighted by Crippen LogP contribution is -2.58. The first-order valence-electron chi connectivity index (χ1n) is 11.5. The van der Waals surface area contributed by atoms with Crippen molar-refractivity contribution in [2.24, 2.45) is 11.8 Å². The molecule has 3 amide bonds. The van der Waals surface area contributed by atoms with E-state index in [0.29, 0.717) is 0 Å². The van der Waals surface area contributed by atoms with E-state index >= 15 is 0 Å². The molecule has 3 aliphatic heterocycles. The average Bonchev–Trinajstić information content (AvgIpc) is 3.23. The van der Waals surface area contributed by atoms with E-state index < -0.39 is 34.6 Å². The molecule has 170 valence electrons. The van der Waals surface area contributed by atoms with E-state index in [2.05, 4.69) is 17.2 Å². The number of carbonyl (C=O) groups excluding carboxylic acids is 3. The van der Waals surface area contributed by atoms with Gasteiger partial charge in [0, 0.05) is 18.1 Å². The molecule has 31 heavy (non-hydrogen) atoms. The second-order valence-corrected chi connectivity index (χ2v) is 10.7. The van der Waals surface area contributed by atoms with Crippen LogP contribution in [0.3, 0.4) is 0 Å². The van der Waals surface area contributed by atoms with Crippen LogP contribution in [-0.2, 0) is 19.1 Å². The predicted octanol–water partition coefficient (Wildman–Crippen LogP) is 2.08. The van der Waals surface area contributed by atoms with E-state index in [1.165, 1.54) is 11.3 Å². The Morgan fingerprint density at radius 3 is 2.52 bits per heavy atom. The van der Waals surface area contributed by atoms with E-state index in [-0.39, 0.29) is 30.3 Å². The molecular weight excluding hydrogens is 394 g/mol. The first-order valence-corrected chi connectivity index (χ1v) is 11.5. The summed E-state index contributed by atoms with van der Waals surface area (Å²) in [4.78, 5) is 41.9. The zero-order valence-electron chi connectivity index (χ0n) is 19.1. The highest BCUT2D eigenvalue weighted by Crippen LogP contribution is 2.59. The zero-order valence-corrected chi connectivity index (χ0v) is 19.1. The minimum atomic E-state index is -1.14. The lowest BCUT2D eigenvalue weighted by Gasteiger charge is -2.34. The Labute approximate surface area is 184 Å². The van der Waals surface area contributed by atoms with Crippen LogP contribution < -0.4 is 10.6 Å². The Morgan fingerprint density at radius 2 is 1.90 bits per heavy atom. The smallest absolute Gasteiger partial charge is 0.246 e. The maximum Gasteiger partial charge on any atom is 0.246 e. The van der Waals surface area contributed by atoms with Crippen LogP contribution in [0.4, 0.5) is 0 Å². The number of hydrogen-bond donors (Lipinski definition) is 2. The monoisotopic (exact) mass is 429 g/mol. The maximum absolute atomic E-state index is 13.6. The van der Waals surface area contributed by atoms with Crippen molar-refractivity contribution >= 4 is 17.7 Å². The molecule has 0 unspecified atom stereocenters. The third kappa shape index (κ3) is 3.51. The summed E-state index contributed by atoms with van der Waals surface area (Å²) in [5.74, 6) is -2.01. The van der Waals surface area contributed by atoms with Crippen LogP contribution in [0.15, 0.2) is 24.8 Å². The molecule has 1 aliphatic carbocycles. The van der Waals surface area contributed by atoms with Gasteiger partial charge in [-0.15, -0.1) is 6.58 Å². The third-order valence-corrected chi connectivity index (χ3v) is 7.10. The van der Waals surface area contributed by atoms with E-state index in [1.54, 1.807) is 6.08 Å². The van der Waals surface area contributed by atoms with Crippen molar-refractivity contribution in [3.05, 3.63) is 24.8 Å². The minimum absolute atomic E-state index is 0.143. The molecule has 0 radical (unpaired) electrons. The second kappa shape index (κ2) is 7.47. The molecule has 2 N–H and O–H groups in total. The summed E-state index contributed by atoms with van der Waals surface area (Å²) in [5.41, 5.74) is -2.50. The largest absolute Gasteiger partial charge is 0.356 e. The number of carbonyl (C=O) groups is 3. The molecule has 2 bridgehead atoms. The van der Waals surface area contributed by atoms with Crippen molar-refractivity contribution in [3.63, 3.8) is 0 Å². The summed E-state index contributed by atoms with van der Waals surface area (Å²) in [7, 11) is 0. The molecule has 3 fully saturated rings. The highest BCUT2D eigenvalue weighted by molar-refractivity contribution is 6.00. The summed E-state index contributed by atoms with van der Waals surface area (Å²) in [5, 5.41) is 6.19. The van der Waals surface area contributed by atoms with Crippen LogP contribution >= 0.6 is 0 Å². The fraction of sp³-hybridized carbons (Fsp3) is 0.708. The number of rotatable bonds is 5. The van der Waals surface area contributed by atoms with Gasteiger partial charge in [0.25, 0.3) is 0 Å². The number of amides is 3. The first-order chi connectivity index (χ1) is 14.5. The summed E-state index contributed by atoms with van der Waals surface area (Å²) >= 11 is 0. The van der Waals surface area contributed by atoms with Gasteiger partial charge >= 0.3 is 0 Å². The molecule has 7 heteroatoms. The number of likely N-dealkylation sites (tertiary alicyclic amines) is 1. The minimum Gasteiger partial charge on any atom is -0.356 e. The number of hydrogen-bond acceptors (Lipinski definition) is 4. The maximum atomic E-state index is 13.6. The van der Waals surface area contributed by atoms with Crippen LogP contribution in [0.25, 0.3) is 0 Å². The van der Waals surface area contributed by atoms with Gasteiger partial charge in [0.1, 0.15) is 11.6 Å². The van der Waals surface area contributed by atoms with Gasteiger partial charge < -0.3 is 20.3 Å². The van der Waals surface area contributed by atoms with Gasteiger partial charge in [-0.25, -0.2) is 0 Å². The summed E-state index contributed by atoms with van der Waals surface area (Å²) in [6.45, 7) is 11.5. The van der Waals surface area contributed by atoms with Crippen LogP contribution in [0.2, 0.25) is 0 Å². The Hall–Kier alpha value is -2.15. The summed E-state index contributed by atoms with van der Waals surface area (Å²) in [6, 6.07) is -0.697. The third-order valence-electron chi connectivity index (χ3n) is 7.10. The molecule has 0 aromatic carbocycles. The Morgan fingerprint density at radius 1 is 1.23 bits per heavy atom. The predicted molar refractivity (Wildman–Crippen MR) is 117 cm³/mol. The zero-order chi connectivity index (χ0) is 22.6. The van der Waals surface area contributed by atoms with Gasteiger partial charge in [0.2, 0.25) is 17.7 Å². The van der Waals surface area contributed by atoms with Crippen LogP contribution in [0.1, 0.15) is 59.8 Å². The highest BCUT2D eigenvalue weighted by Gasteiger charge is 2.76. The number of ether oxygens (including phenoxy) is 1. The lowest BCUT2D eigenvalue weighted by molar-refractivity contribution is -0.145. The Balaban J connectivity index is 1.68. The van der Waals surface area contributed by atoms with E-state index in [0.717, 1.165) is 25.7 Å². The lowest BCUT2D eigenvalue weighted by atomic mass is 9.70. The van der Waals surface area contributed by atoms with Crippen molar-refractivity contribution < 1.29 is 19.1 Å². The molecule has 1 saturated carbocycles. The molecule has 7 nitrogen and oxygen atoms in total. The van der Waals surface area contributed by atoms with Crippen molar-refractivity contribution in [2.75, 3.05) is 6.54 Å². The van der Waals surface area contributed by atoms with E-state index in [1.807, 2.05) is 39.8 Å². The van der Waals surface area contributed by atoms with Crippen LogP contribution in [-0.4, -0.2) is 58.0 Å². The molecule has 4 rings (SSSR count). The molecule has 0 aromatic heterocycles. The number of nitrogens with zero attached hydrogens (tertiary/aromatic N) is 1. The summed E-state index contributed by atoms with van der Waals surface area (Å²) < 4.78 is 6.46. The Kier molecular flexibility index (Phi) is 5.31. The first kappa shape index (κ1) is 22.1. The van der Waals surface area contributed by atoms with Crippen molar-refractivity contribution in [2.45, 2.75) is 88.6 Å². The SMILES string of the molecule is C=CCN1C(=O)[C@@H]2[C@H](C(=O)NC3CCCCC3)[C@]3(C)C=C[C@]2(O3)[C@H]1C(=O)NC(C)(C)C. The fourth-order valence-electron chi connectivity index (χ4n) is 5.94. The average molecular weight is 430 g/mol. The molecule has 1 spiro atoms. The van der Waals surface area contributed by atoms with Crippen LogP contribution in [0, 0.1) is 11.8 Å². The fourth-order valence-corrected chi connectivity index (χ4v) is 5.94. The van der Waals surface area contributed by atoms with E-state index in [4.69, 9.17) is 4.74 Å². The standard InChI is InChI=1S/C24H35N3O4/c1-6-14-27-18(20(29)26-22(2,3)4)24-13-12-23(5,31-24)16(17(24)21(27)30)19(28)25-15-10-8-7-9-11-15/h6,12-13,15-18H,1,7-11,14H2,2-5H3,(H,25,28)(H,26,29)/t16-,17+,18-,23+,24-/m1/s1. The van der Waals surface area contributed by atoms with Crippen molar-refractivity contribution in [3.8, 4) is 0 Å². The van der Waals surface area contributed by atoms with E-state index in [9.17, 15) is 14.4 Å². The Bertz CT molecular complexity index is 825. The number of fused-ring (bicyclic) bond motifs is 1. The van der Waals surface area contributed by atoms with Gasteiger partial charge in [0.15, 0.2) is 0 Å². The van der Waals surface area contributed by atoms with Crippen molar-refractivity contribution in [1.82, 2.24) is 15.5 Å². The van der Waals surface area contributed by atoms with Gasteiger partial charge in [-0.1, -0.05) is 37.5 Å².